The number of hydrogen-bond donors (Lipinski definition) is 2. The van der Waals surface area contributed by atoms with E-state index in [0.29, 0.717) is 5.82 Å². The topological polar surface area (TPSA) is 80.9 Å². The maximum atomic E-state index is 11.3. The molecule has 0 spiro atoms. The molecule has 0 bridgehead atoms. The number of aromatic nitrogens is 2. The van der Waals surface area contributed by atoms with E-state index in [4.69, 9.17) is 5.84 Å². The van der Waals surface area contributed by atoms with Gasteiger partial charge in [-0.2, -0.15) is 0 Å². The first-order valence-electron chi connectivity index (χ1n) is 4.70. The van der Waals surface area contributed by atoms with Gasteiger partial charge in [-0.25, -0.2) is 15.8 Å². The fourth-order valence-electron chi connectivity index (χ4n) is 1.29. The zero-order chi connectivity index (χ0) is 11.4. The highest BCUT2D eigenvalue weighted by Crippen LogP contribution is 2.13. The first kappa shape index (κ1) is 10.3. The van der Waals surface area contributed by atoms with Crippen LogP contribution in [-0.2, 0) is 0 Å². The van der Waals surface area contributed by atoms with Gasteiger partial charge in [0, 0.05) is 11.8 Å². The molecule has 0 fully saturated rings. The molecule has 0 aliphatic carbocycles. The molecule has 1 aromatic heterocycles. The van der Waals surface area contributed by atoms with Gasteiger partial charge >= 0.3 is 0 Å². The zero-order valence-corrected chi connectivity index (χ0v) is 8.42. The maximum absolute atomic E-state index is 11.3. The van der Waals surface area contributed by atoms with E-state index in [9.17, 15) is 4.79 Å². The Morgan fingerprint density at radius 2 is 1.94 bits per heavy atom. The molecule has 0 radical (unpaired) electrons. The Morgan fingerprint density at radius 1 is 1.19 bits per heavy atom. The standard InChI is InChI=1S/C11H10N4O/c12-15-11(16)9-6-7-13-10(14-9)8-4-2-1-3-5-8/h1-7H,12H2,(H,15,16). The van der Waals surface area contributed by atoms with E-state index in [1.807, 2.05) is 35.8 Å². The number of amides is 1. The number of nitrogens with two attached hydrogens (primary N) is 1. The lowest BCUT2D eigenvalue weighted by atomic mass is 10.2. The molecule has 0 saturated heterocycles. The van der Waals surface area contributed by atoms with Crippen molar-refractivity contribution in [1.82, 2.24) is 15.4 Å². The van der Waals surface area contributed by atoms with Gasteiger partial charge in [0.1, 0.15) is 5.69 Å². The molecule has 1 amide bonds. The van der Waals surface area contributed by atoms with Crippen LogP contribution >= 0.6 is 0 Å². The van der Waals surface area contributed by atoms with Crippen LogP contribution < -0.4 is 11.3 Å². The van der Waals surface area contributed by atoms with Gasteiger partial charge in [0.2, 0.25) is 0 Å². The fourth-order valence-corrected chi connectivity index (χ4v) is 1.29. The Kier molecular flexibility index (Phi) is 2.88. The minimum Gasteiger partial charge on any atom is -0.289 e. The van der Waals surface area contributed by atoms with Gasteiger partial charge in [0.15, 0.2) is 5.82 Å². The SMILES string of the molecule is NNC(=O)c1ccnc(-c2ccccc2)n1. The van der Waals surface area contributed by atoms with Crippen molar-refractivity contribution in [3.63, 3.8) is 0 Å². The van der Waals surface area contributed by atoms with Crippen molar-refractivity contribution in [1.29, 1.82) is 0 Å². The molecule has 0 aliphatic heterocycles. The van der Waals surface area contributed by atoms with Crippen LogP contribution in [0.25, 0.3) is 11.4 Å². The van der Waals surface area contributed by atoms with E-state index >= 15 is 0 Å². The monoisotopic (exact) mass is 214 g/mol. The van der Waals surface area contributed by atoms with Crippen molar-refractivity contribution in [3.8, 4) is 11.4 Å². The predicted molar refractivity (Wildman–Crippen MR) is 59.1 cm³/mol. The normalized spacial score (nSPS) is 9.81. The molecule has 2 rings (SSSR count). The summed E-state index contributed by atoms with van der Waals surface area (Å²) in [7, 11) is 0. The average molecular weight is 214 g/mol. The number of hydrogen-bond acceptors (Lipinski definition) is 4. The van der Waals surface area contributed by atoms with Crippen LogP contribution in [0.4, 0.5) is 0 Å². The molecule has 5 nitrogen and oxygen atoms in total. The molecule has 80 valence electrons. The summed E-state index contributed by atoms with van der Waals surface area (Å²) in [5.41, 5.74) is 3.13. The fraction of sp³-hybridized carbons (Fsp3) is 0. The lowest BCUT2D eigenvalue weighted by molar-refractivity contribution is 0.0948. The number of carbonyl (C=O) groups is 1. The van der Waals surface area contributed by atoms with Gasteiger partial charge in [-0.1, -0.05) is 30.3 Å². The lowest BCUT2D eigenvalue weighted by Crippen LogP contribution is -2.30. The molecule has 0 saturated carbocycles. The van der Waals surface area contributed by atoms with Crippen molar-refractivity contribution in [3.05, 3.63) is 48.3 Å². The lowest BCUT2D eigenvalue weighted by Gasteiger charge is -2.02. The second-order valence-electron chi connectivity index (χ2n) is 3.10. The number of carbonyl (C=O) groups excluding carboxylic acids is 1. The summed E-state index contributed by atoms with van der Waals surface area (Å²) in [5.74, 6) is 5.10. The highest BCUT2D eigenvalue weighted by molar-refractivity contribution is 5.92. The van der Waals surface area contributed by atoms with Gasteiger partial charge in [-0.15, -0.1) is 0 Å². The van der Waals surface area contributed by atoms with Crippen LogP contribution in [0.1, 0.15) is 10.5 Å². The summed E-state index contributed by atoms with van der Waals surface area (Å²) in [6, 6.07) is 10.9. The minimum absolute atomic E-state index is 0.247. The molecule has 3 N–H and O–H groups in total. The Bertz CT molecular complexity index is 498. The number of rotatable bonds is 2. The van der Waals surface area contributed by atoms with Gasteiger partial charge < -0.3 is 0 Å². The van der Waals surface area contributed by atoms with Crippen LogP contribution in [0, 0.1) is 0 Å². The Labute approximate surface area is 92.3 Å². The van der Waals surface area contributed by atoms with Crippen LogP contribution in [-0.4, -0.2) is 15.9 Å². The van der Waals surface area contributed by atoms with Gasteiger partial charge in [-0.3, -0.25) is 10.2 Å². The number of hydrazine groups is 1. The van der Waals surface area contributed by atoms with Crippen LogP contribution in [0.2, 0.25) is 0 Å². The highest BCUT2D eigenvalue weighted by atomic mass is 16.2. The van der Waals surface area contributed by atoms with Crippen LogP contribution in [0.3, 0.4) is 0 Å². The molecule has 16 heavy (non-hydrogen) atoms. The quantitative estimate of drug-likeness (QED) is 0.439. The van der Waals surface area contributed by atoms with Gasteiger partial charge in [0.25, 0.3) is 5.91 Å². The molecular weight excluding hydrogens is 204 g/mol. The second-order valence-corrected chi connectivity index (χ2v) is 3.10. The van der Waals surface area contributed by atoms with E-state index in [0.717, 1.165) is 5.56 Å². The Morgan fingerprint density at radius 3 is 2.62 bits per heavy atom. The van der Waals surface area contributed by atoms with Crippen molar-refractivity contribution in [2.75, 3.05) is 0 Å². The number of nitrogens with one attached hydrogen (secondary N) is 1. The smallest absolute Gasteiger partial charge is 0.283 e. The summed E-state index contributed by atoms with van der Waals surface area (Å²) in [6.45, 7) is 0. The van der Waals surface area contributed by atoms with Crippen molar-refractivity contribution >= 4 is 5.91 Å². The molecule has 1 aromatic carbocycles. The Balaban J connectivity index is 2.40. The van der Waals surface area contributed by atoms with E-state index in [1.54, 1.807) is 0 Å². The third-order valence-electron chi connectivity index (χ3n) is 2.05. The van der Waals surface area contributed by atoms with Crippen molar-refractivity contribution < 1.29 is 4.79 Å². The summed E-state index contributed by atoms with van der Waals surface area (Å²) in [6.07, 6.45) is 1.53. The number of nitrogens with zero attached hydrogens (tertiary/aromatic N) is 2. The minimum atomic E-state index is -0.431. The van der Waals surface area contributed by atoms with E-state index < -0.39 is 5.91 Å². The van der Waals surface area contributed by atoms with E-state index in [1.165, 1.54) is 12.3 Å². The predicted octanol–water partition coefficient (Wildman–Crippen LogP) is 0.747. The third kappa shape index (κ3) is 2.04. The summed E-state index contributed by atoms with van der Waals surface area (Å²) in [5, 5.41) is 0. The summed E-state index contributed by atoms with van der Waals surface area (Å²) >= 11 is 0. The average Bonchev–Trinajstić information content (AvgIpc) is 2.39. The second kappa shape index (κ2) is 4.50. The van der Waals surface area contributed by atoms with Crippen LogP contribution in [0.15, 0.2) is 42.6 Å². The Hall–Kier alpha value is -2.27. The number of nitrogen functional groups attached to an aromatic ring is 1. The number of benzene rings is 1. The van der Waals surface area contributed by atoms with E-state index in [-0.39, 0.29) is 5.69 Å². The molecule has 0 atom stereocenters. The van der Waals surface area contributed by atoms with Gasteiger partial charge in [-0.05, 0) is 6.07 Å². The molecule has 2 aromatic rings. The molecule has 0 unspecified atom stereocenters. The summed E-state index contributed by atoms with van der Waals surface area (Å²) in [4.78, 5) is 19.5. The largest absolute Gasteiger partial charge is 0.289 e. The third-order valence-corrected chi connectivity index (χ3v) is 2.05. The van der Waals surface area contributed by atoms with Crippen molar-refractivity contribution in [2.24, 2.45) is 5.84 Å². The van der Waals surface area contributed by atoms with Gasteiger partial charge in [0.05, 0.1) is 0 Å². The summed E-state index contributed by atoms with van der Waals surface area (Å²) < 4.78 is 0. The molecule has 0 aliphatic rings. The molecular formula is C11H10N4O. The molecule has 5 heteroatoms. The highest BCUT2D eigenvalue weighted by Gasteiger charge is 2.07. The van der Waals surface area contributed by atoms with Crippen molar-refractivity contribution in [2.45, 2.75) is 0 Å². The first-order chi connectivity index (χ1) is 7.81. The zero-order valence-electron chi connectivity index (χ0n) is 8.42. The van der Waals surface area contributed by atoms with E-state index in [2.05, 4.69) is 9.97 Å². The molecule has 1 heterocycles. The maximum Gasteiger partial charge on any atom is 0.283 e. The first-order valence-corrected chi connectivity index (χ1v) is 4.70. The van der Waals surface area contributed by atoms with Crippen LogP contribution in [0.5, 0.6) is 0 Å².